The summed E-state index contributed by atoms with van der Waals surface area (Å²) in [5.74, 6) is 2.84. The molecule has 2 aliphatic rings. The smallest absolute Gasteiger partial charge is 0.164 e. The molecule has 0 unspecified atom stereocenters. The lowest BCUT2D eigenvalue weighted by Gasteiger charge is -2.26. The van der Waals surface area contributed by atoms with Crippen LogP contribution in [-0.2, 0) is 6.42 Å². The van der Waals surface area contributed by atoms with Crippen molar-refractivity contribution in [1.82, 2.24) is 5.32 Å². The average Bonchev–Trinajstić information content (AvgIpc) is 2.73. The van der Waals surface area contributed by atoms with Gasteiger partial charge >= 0.3 is 0 Å². The van der Waals surface area contributed by atoms with Crippen molar-refractivity contribution < 1.29 is 9.47 Å². The third-order valence-electron chi connectivity index (χ3n) is 4.66. The number of hydrogen-bond acceptors (Lipinski definition) is 3. The largest absolute Gasteiger partial charge is 0.489 e. The van der Waals surface area contributed by atoms with Gasteiger partial charge in [-0.1, -0.05) is 25.4 Å². The molecule has 0 spiro atoms. The topological polar surface area (TPSA) is 30.5 Å². The van der Waals surface area contributed by atoms with Gasteiger partial charge in [-0.2, -0.15) is 0 Å². The highest BCUT2D eigenvalue weighted by molar-refractivity contribution is 6.31. The van der Waals surface area contributed by atoms with Gasteiger partial charge in [-0.25, -0.2) is 0 Å². The predicted octanol–water partition coefficient (Wildman–Crippen LogP) is 4.17. The molecule has 0 aliphatic carbocycles. The Bertz CT molecular complexity index is 524. The highest BCUT2D eigenvalue weighted by Gasteiger charge is 2.25. The van der Waals surface area contributed by atoms with Crippen molar-refractivity contribution in [3.05, 3.63) is 22.2 Å². The second kappa shape index (κ2) is 7.10. The van der Waals surface area contributed by atoms with Crippen LogP contribution < -0.4 is 14.8 Å². The molecule has 0 saturated carbocycles. The van der Waals surface area contributed by atoms with Crippen LogP contribution in [0.4, 0.5) is 0 Å². The van der Waals surface area contributed by atoms with E-state index in [2.05, 4.69) is 19.2 Å². The Labute approximate surface area is 138 Å². The second-order valence-electron chi connectivity index (χ2n) is 6.68. The summed E-state index contributed by atoms with van der Waals surface area (Å²) < 4.78 is 11.9. The van der Waals surface area contributed by atoms with Crippen LogP contribution in [0.5, 0.6) is 11.5 Å². The fourth-order valence-electron chi connectivity index (χ4n) is 3.53. The third-order valence-corrected chi connectivity index (χ3v) is 5.00. The van der Waals surface area contributed by atoms with Gasteiger partial charge in [0.15, 0.2) is 11.5 Å². The summed E-state index contributed by atoms with van der Waals surface area (Å²) in [6, 6.07) is 1.96. The van der Waals surface area contributed by atoms with Crippen molar-refractivity contribution in [3.8, 4) is 11.5 Å². The molecule has 1 saturated heterocycles. The monoisotopic (exact) mass is 323 g/mol. The molecule has 1 aromatic rings. The molecule has 1 N–H and O–H groups in total. The highest BCUT2D eigenvalue weighted by atomic mass is 35.5. The lowest BCUT2D eigenvalue weighted by molar-refractivity contribution is 0.295. The van der Waals surface area contributed by atoms with Crippen molar-refractivity contribution in [2.24, 2.45) is 5.92 Å². The molecule has 0 aromatic heterocycles. The number of hydrogen-bond donors (Lipinski definition) is 1. The number of ether oxygens (including phenoxy) is 2. The molecule has 3 rings (SSSR count). The zero-order valence-electron chi connectivity index (χ0n) is 13.6. The van der Waals surface area contributed by atoms with Crippen molar-refractivity contribution in [2.75, 3.05) is 26.3 Å². The van der Waals surface area contributed by atoms with Crippen LogP contribution in [0.1, 0.15) is 50.2 Å². The van der Waals surface area contributed by atoms with E-state index in [1.54, 1.807) is 0 Å². The number of nitrogens with one attached hydrogen (secondary N) is 1. The number of halogens is 1. The molecule has 122 valence electrons. The van der Waals surface area contributed by atoms with Crippen molar-refractivity contribution in [2.45, 2.75) is 45.4 Å². The maximum atomic E-state index is 6.63. The van der Waals surface area contributed by atoms with Gasteiger partial charge in [0.25, 0.3) is 0 Å². The Morgan fingerprint density at radius 2 is 1.95 bits per heavy atom. The first-order valence-electron chi connectivity index (χ1n) is 8.48. The van der Waals surface area contributed by atoms with Gasteiger partial charge in [0, 0.05) is 23.1 Å². The molecule has 3 nitrogen and oxygen atoms in total. The van der Waals surface area contributed by atoms with Crippen molar-refractivity contribution in [1.29, 1.82) is 0 Å². The quantitative estimate of drug-likeness (QED) is 0.905. The lowest BCUT2D eigenvalue weighted by atomic mass is 9.85. The summed E-state index contributed by atoms with van der Waals surface area (Å²) in [6.07, 6.45) is 4.42. The molecule has 0 amide bonds. The van der Waals surface area contributed by atoms with E-state index < -0.39 is 0 Å². The summed E-state index contributed by atoms with van der Waals surface area (Å²) in [5.41, 5.74) is 2.52. The van der Waals surface area contributed by atoms with E-state index in [1.807, 2.05) is 6.07 Å². The Morgan fingerprint density at radius 3 is 2.68 bits per heavy atom. The Morgan fingerprint density at radius 1 is 1.23 bits per heavy atom. The molecule has 0 radical (unpaired) electrons. The molecule has 22 heavy (non-hydrogen) atoms. The minimum atomic E-state index is 0.380. The van der Waals surface area contributed by atoms with E-state index in [9.17, 15) is 0 Å². The molecular formula is C18H26ClNO2. The molecule has 0 atom stereocenters. The van der Waals surface area contributed by atoms with Crippen molar-refractivity contribution >= 4 is 11.6 Å². The predicted molar refractivity (Wildman–Crippen MR) is 90.4 cm³/mol. The van der Waals surface area contributed by atoms with Gasteiger partial charge in [0.05, 0.1) is 13.2 Å². The van der Waals surface area contributed by atoms with Crippen LogP contribution in [0.3, 0.4) is 0 Å². The molecule has 1 aromatic carbocycles. The summed E-state index contributed by atoms with van der Waals surface area (Å²) in [7, 11) is 0. The first kappa shape index (κ1) is 15.9. The van der Waals surface area contributed by atoms with Crippen LogP contribution in [0.2, 0.25) is 5.02 Å². The fraction of sp³-hybridized carbons (Fsp3) is 0.667. The standard InChI is InChI=1S/C18H26ClNO2/c1-12(2)17-14(10-13-4-6-20-7-5-13)15(19)11-16-18(17)22-9-3-8-21-16/h11-13,20H,3-10H2,1-2H3. The zero-order chi connectivity index (χ0) is 15.5. The lowest BCUT2D eigenvalue weighted by Crippen LogP contribution is -2.29. The Kier molecular flexibility index (Phi) is 5.14. The minimum absolute atomic E-state index is 0.380. The number of rotatable bonds is 3. The molecule has 0 bridgehead atoms. The average molecular weight is 324 g/mol. The van der Waals surface area contributed by atoms with Gasteiger partial charge in [0.1, 0.15) is 0 Å². The maximum Gasteiger partial charge on any atom is 0.164 e. The first-order valence-corrected chi connectivity index (χ1v) is 8.86. The van der Waals surface area contributed by atoms with Crippen LogP contribution in [-0.4, -0.2) is 26.3 Å². The minimum Gasteiger partial charge on any atom is -0.489 e. The number of fused-ring (bicyclic) bond motifs is 1. The van der Waals surface area contributed by atoms with Gasteiger partial charge in [0.2, 0.25) is 0 Å². The van der Waals surface area contributed by atoms with E-state index in [0.717, 1.165) is 49.1 Å². The van der Waals surface area contributed by atoms with Gasteiger partial charge < -0.3 is 14.8 Å². The van der Waals surface area contributed by atoms with E-state index in [-0.39, 0.29) is 0 Å². The SMILES string of the molecule is CC(C)c1c(CC2CCNCC2)c(Cl)cc2c1OCCCO2. The third kappa shape index (κ3) is 3.36. The van der Waals surface area contributed by atoms with Crippen LogP contribution >= 0.6 is 11.6 Å². The molecule has 4 heteroatoms. The Hall–Kier alpha value is -0.930. The molecular weight excluding hydrogens is 298 g/mol. The summed E-state index contributed by atoms with van der Waals surface area (Å²) in [6.45, 7) is 8.08. The second-order valence-corrected chi connectivity index (χ2v) is 7.09. The Balaban J connectivity index is 1.98. The van der Waals surface area contributed by atoms with E-state index in [0.29, 0.717) is 18.4 Å². The van der Waals surface area contributed by atoms with E-state index in [4.69, 9.17) is 21.1 Å². The van der Waals surface area contributed by atoms with Crippen molar-refractivity contribution in [3.63, 3.8) is 0 Å². The summed E-state index contributed by atoms with van der Waals surface area (Å²) >= 11 is 6.63. The molecule has 2 aliphatic heterocycles. The summed E-state index contributed by atoms with van der Waals surface area (Å²) in [5, 5.41) is 4.27. The zero-order valence-corrected chi connectivity index (χ0v) is 14.3. The molecule has 2 heterocycles. The first-order chi connectivity index (χ1) is 10.7. The van der Waals surface area contributed by atoms with Crippen LogP contribution in [0.15, 0.2) is 6.07 Å². The fourth-order valence-corrected chi connectivity index (χ4v) is 3.81. The number of piperidine rings is 1. The van der Waals surface area contributed by atoms with E-state index in [1.165, 1.54) is 24.0 Å². The van der Waals surface area contributed by atoms with Gasteiger partial charge in [-0.15, -0.1) is 0 Å². The van der Waals surface area contributed by atoms with E-state index >= 15 is 0 Å². The normalized spacial score (nSPS) is 19.3. The number of benzene rings is 1. The van der Waals surface area contributed by atoms with Gasteiger partial charge in [-0.05, 0) is 49.8 Å². The van der Waals surface area contributed by atoms with Gasteiger partial charge in [-0.3, -0.25) is 0 Å². The van der Waals surface area contributed by atoms with Crippen LogP contribution in [0, 0.1) is 5.92 Å². The maximum absolute atomic E-state index is 6.63. The highest BCUT2D eigenvalue weighted by Crippen LogP contribution is 2.44. The van der Waals surface area contributed by atoms with Crippen LogP contribution in [0.25, 0.3) is 0 Å². The summed E-state index contributed by atoms with van der Waals surface area (Å²) in [4.78, 5) is 0. The molecule has 1 fully saturated rings.